The number of rotatable bonds is 1. The van der Waals surface area contributed by atoms with Crippen molar-refractivity contribution in [3.05, 3.63) is 34.9 Å². The minimum atomic E-state index is -4.51. The Morgan fingerprint density at radius 2 is 1.86 bits per heavy atom. The van der Waals surface area contributed by atoms with Crippen LogP contribution in [0.5, 0.6) is 0 Å². The molecule has 1 aliphatic carbocycles. The van der Waals surface area contributed by atoms with Crippen LogP contribution in [0.2, 0.25) is 0 Å². The smallest absolute Gasteiger partial charge is 0.416 e. The summed E-state index contributed by atoms with van der Waals surface area (Å²) >= 11 is 0. The molecule has 0 saturated heterocycles. The quantitative estimate of drug-likeness (QED) is 0.725. The first-order chi connectivity index (χ1) is 10.00. The lowest BCUT2D eigenvalue weighted by Gasteiger charge is -2.28. The van der Waals surface area contributed by atoms with Crippen molar-refractivity contribution >= 4 is 11.8 Å². The van der Waals surface area contributed by atoms with E-state index in [9.17, 15) is 22.8 Å². The van der Waals surface area contributed by atoms with Gasteiger partial charge < -0.3 is 4.74 Å². The normalized spacial score (nSPS) is 18.8. The van der Waals surface area contributed by atoms with Gasteiger partial charge in [0, 0.05) is 17.5 Å². The van der Waals surface area contributed by atoms with E-state index in [0.29, 0.717) is 0 Å². The lowest BCUT2D eigenvalue weighted by atomic mass is 9.86. The Hall–Kier alpha value is -1.85. The summed E-state index contributed by atoms with van der Waals surface area (Å²) in [5.41, 5.74) is -1.27. The zero-order valence-corrected chi connectivity index (χ0v) is 12.6. The van der Waals surface area contributed by atoms with E-state index in [1.807, 2.05) is 0 Å². The van der Waals surface area contributed by atoms with Crippen LogP contribution < -0.4 is 0 Å². The highest BCUT2D eigenvalue weighted by atomic mass is 19.4. The average Bonchev–Trinajstić information content (AvgIpc) is 2.39. The Labute approximate surface area is 126 Å². The first-order valence-electron chi connectivity index (χ1n) is 6.95. The molecule has 0 heterocycles. The molecule has 22 heavy (non-hydrogen) atoms. The summed E-state index contributed by atoms with van der Waals surface area (Å²) in [6.45, 7) is 4.99. The minimum absolute atomic E-state index is 0.142. The molecule has 1 aromatic carbocycles. The summed E-state index contributed by atoms with van der Waals surface area (Å²) < 4.78 is 43.9. The van der Waals surface area contributed by atoms with Crippen LogP contribution in [0.25, 0.3) is 0 Å². The molecule has 0 radical (unpaired) electrons. The van der Waals surface area contributed by atoms with Crippen LogP contribution in [0.15, 0.2) is 18.2 Å². The van der Waals surface area contributed by atoms with E-state index in [-0.39, 0.29) is 29.8 Å². The second-order valence-corrected chi connectivity index (χ2v) is 6.41. The fraction of sp³-hybridized carbons (Fsp3) is 0.500. The van der Waals surface area contributed by atoms with Crippen molar-refractivity contribution in [2.45, 2.75) is 45.9 Å². The zero-order valence-electron chi connectivity index (χ0n) is 12.6. The number of esters is 1. The lowest BCUT2D eigenvalue weighted by molar-refractivity contribution is -0.159. The second-order valence-electron chi connectivity index (χ2n) is 6.41. The van der Waals surface area contributed by atoms with E-state index < -0.39 is 29.2 Å². The van der Waals surface area contributed by atoms with Crippen molar-refractivity contribution in [2.24, 2.45) is 5.41 Å². The van der Waals surface area contributed by atoms with Gasteiger partial charge >= 0.3 is 12.1 Å². The van der Waals surface area contributed by atoms with E-state index in [1.54, 1.807) is 20.8 Å². The van der Waals surface area contributed by atoms with Crippen LogP contribution in [0.4, 0.5) is 13.2 Å². The first kappa shape index (κ1) is 16.5. The van der Waals surface area contributed by atoms with Crippen molar-refractivity contribution in [1.82, 2.24) is 0 Å². The van der Waals surface area contributed by atoms with Crippen LogP contribution in [0.1, 0.15) is 61.2 Å². The fourth-order valence-corrected chi connectivity index (χ4v) is 2.24. The molecule has 0 N–H and O–H groups in total. The summed E-state index contributed by atoms with van der Waals surface area (Å²) in [5, 5.41) is 0. The maximum atomic E-state index is 12.8. The van der Waals surface area contributed by atoms with Gasteiger partial charge in [-0.3, -0.25) is 9.59 Å². The Morgan fingerprint density at radius 1 is 1.23 bits per heavy atom. The maximum absolute atomic E-state index is 12.8. The van der Waals surface area contributed by atoms with Gasteiger partial charge in [0.1, 0.15) is 6.10 Å². The predicted octanol–water partition coefficient (Wildman–Crippen LogP) is 4.31. The Morgan fingerprint density at radius 3 is 2.41 bits per heavy atom. The van der Waals surface area contributed by atoms with Gasteiger partial charge in [0.05, 0.1) is 11.0 Å². The van der Waals surface area contributed by atoms with Crippen molar-refractivity contribution < 1.29 is 27.5 Å². The van der Waals surface area contributed by atoms with Gasteiger partial charge in [-0.1, -0.05) is 6.07 Å². The molecule has 1 aromatic rings. The monoisotopic (exact) mass is 314 g/mol. The number of ether oxygens (including phenoxy) is 1. The van der Waals surface area contributed by atoms with E-state index in [1.165, 1.54) is 0 Å². The third-order valence-corrected chi connectivity index (χ3v) is 3.52. The molecule has 2 rings (SSSR count). The van der Waals surface area contributed by atoms with Gasteiger partial charge in [0.15, 0.2) is 5.78 Å². The predicted molar refractivity (Wildman–Crippen MR) is 73.3 cm³/mol. The Bertz CT molecular complexity index is 612. The fourth-order valence-electron chi connectivity index (χ4n) is 2.24. The molecular weight excluding hydrogens is 297 g/mol. The van der Waals surface area contributed by atoms with Gasteiger partial charge in [-0.2, -0.15) is 13.2 Å². The molecule has 3 nitrogen and oxygen atoms in total. The molecule has 6 heteroatoms. The van der Waals surface area contributed by atoms with E-state index in [2.05, 4.69) is 0 Å². The van der Waals surface area contributed by atoms with Crippen molar-refractivity contribution in [2.75, 3.05) is 0 Å². The highest BCUT2D eigenvalue weighted by Crippen LogP contribution is 2.38. The van der Waals surface area contributed by atoms with Gasteiger partial charge in [-0.15, -0.1) is 0 Å². The highest BCUT2D eigenvalue weighted by Gasteiger charge is 2.36. The number of carbonyl (C=O) groups is 2. The van der Waals surface area contributed by atoms with Crippen molar-refractivity contribution in [3.63, 3.8) is 0 Å². The lowest BCUT2D eigenvalue weighted by Crippen LogP contribution is -2.28. The van der Waals surface area contributed by atoms with Crippen LogP contribution in [0, 0.1) is 5.41 Å². The summed E-state index contributed by atoms with van der Waals surface area (Å²) in [5.74, 6) is -0.734. The molecule has 0 spiro atoms. The molecule has 0 aromatic heterocycles. The average molecular weight is 314 g/mol. The highest BCUT2D eigenvalue weighted by molar-refractivity contribution is 5.98. The van der Waals surface area contributed by atoms with Crippen LogP contribution >= 0.6 is 0 Å². The van der Waals surface area contributed by atoms with Gasteiger partial charge in [-0.05, 0) is 39.3 Å². The Balaban J connectivity index is 2.40. The van der Waals surface area contributed by atoms with Crippen LogP contribution in [-0.2, 0) is 15.7 Å². The molecule has 1 unspecified atom stereocenters. The number of hydrogen-bond acceptors (Lipinski definition) is 3. The third kappa shape index (κ3) is 3.31. The first-order valence-corrected chi connectivity index (χ1v) is 6.95. The number of carbonyl (C=O) groups excluding carboxylic acids is 2. The molecular formula is C16H17F3O3. The SMILES string of the molecule is CC(C)(C)C(=O)OC1CCC(=O)c2ccc(C(F)(F)F)cc21. The summed E-state index contributed by atoms with van der Waals surface area (Å²) in [6.07, 6.45) is -4.97. The summed E-state index contributed by atoms with van der Waals surface area (Å²) in [7, 11) is 0. The zero-order chi connectivity index (χ0) is 16.7. The van der Waals surface area contributed by atoms with Crippen LogP contribution in [-0.4, -0.2) is 11.8 Å². The van der Waals surface area contributed by atoms with Gasteiger partial charge in [0.2, 0.25) is 0 Å². The topological polar surface area (TPSA) is 43.4 Å². The molecule has 0 amide bonds. The summed E-state index contributed by atoms with van der Waals surface area (Å²) in [6, 6.07) is 2.95. The van der Waals surface area contributed by atoms with E-state index in [4.69, 9.17) is 4.74 Å². The minimum Gasteiger partial charge on any atom is -0.457 e. The number of alkyl halides is 3. The number of ketones is 1. The molecule has 0 bridgehead atoms. The molecule has 120 valence electrons. The number of halogens is 3. The molecule has 0 fully saturated rings. The number of fused-ring (bicyclic) bond motifs is 1. The van der Waals surface area contributed by atoms with Crippen LogP contribution in [0.3, 0.4) is 0 Å². The standard InChI is InChI=1S/C16H17F3O3/c1-15(2,3)14(21)22-13-7-6-12(20)10-5-4-9(8-11(10)13)16(17,18)19/h4-5,8,13H,6-7H2,1-3H3. The maximum Gasteiger partial charge on any atom is 0.416 e. The third-order valence-electron chi connectivity index (χ3n) is 3.52. The van der Waals surface area contributed by atoms with E-state index in [0.717, 1.165) is 18.2 Å². The number of benzene rings is 1. The van der Waals surface area contributed by atoms with Crippen molar-refractivity contribution in [3.8, 4) is 0 Å². The molecule has 1 atom stereocenters. The second kappa shape index (κ2) is 5.41. The number of Topliss-reactive ketones (excluding diaryl/α,β-unsaturated/α-hetero) is 1. The summed E-state index contributed by atoms with van der Waals surface area (Å²) in [4.78, 5) is 23.8. The van der Waals surface area contributed by atoms with E-state index >= 15 is 0 Å². The molecule has 1 aliphatic rings. The number of hydrogen-bond donors (Lipinski definition) is 0. The van der Waals surface area contributed by atoms with Crippen molar-refractivity contribution in [1.29, 1.82) is 0 Å². The largest absolute Gasteiger partial charge is 0.457 e. The van der Waals surface area contributed by atoms with Gasteiger partial charge in [-0.25, -0.2) is 0 Å². The molecule has 0 aliphatic heterocycles. The van der Waals surface area contributed by atoms with Gasteiger partial charge in [0.25, 0.3) is 0 Å². The molecule has 0 saturated carbocycles. The Kier molecular flexibility index (Phi) is 4.06.